The number of aryl methyl sites for hydroxylation is 3. The van der Waals surface area contributed by atoms with E-state index in [1.807, 2.05) is 40.7 Å². The molecule has 0 aliphatic heterocycles. The lowest BCUT2D eigenvalue weighted by atomic mass is 10.1. The number of pyridine rings is 1. The van der Waals surface area contributed by atoms with Crippen molar-refractivity contribution in [3.8, 4) is 5.69 Å². The summed E-state index contributed by atoms with van der Waals surface area (Å²) >= 11 is 0. The van der Waals surface area contributed by atoms with Crippen LogP contribution < -0.4 is 0 Å². The van der Waals surface area contributed by atoms with Crippen LogP contribution in [0.15, 0.2) is 36.8 Å². The molecule has 0 aliphatic carbocycles. The minimum Gasteiger partial charge on any atom is -0.272 e. The van der Waals surface area contributed by atoms with Crippen molar-refractivity contribution in [3.63, 3.8) is 0 Å². The van der Waals surface area contributed by atoms with Crippen molar-refractivity contribution in [2.45, 2.75) is 46.6 Å². The fraction of sp³-hybridized carbons (Fsp3) is 0.444. The quantitative estimate of drug-likeness (QED) is 0.670. The highest BCUT2D eigenvalue weighted by Crippen LogP contribution is 2.14. The zero-order chi connectivity index (χ0) is 16.9. The summed E-state index contributed by atoms with van der Waals surface area (Å²) in [6.07, 6.45) is 8.39. The van der Waals surface area contributed by atoms with Crippen LogP contribution in [-0.4, -0.2) is 29.5 Å². The summed E-state index contributed by atoms with van der Waals surface area (Å²) in [5, 5.41) is 9.18. The van der Waals surface area contributed by atoms with E-state index in [4.69, 9.17) is 10.1 Å². The average Bonchev–Trinajstić information content (AvgIpc) is 3.19. The Kier molecular flexibility index (Phi) is 5.03. The standard InChI is InChI=1S/C18H24N6/c1-4-14(2)13-17-20-18(8-12-23-11-7-15(3)21-23)24(22-17)16-5-9-19-10-6-16/h5-7,9-11,14H,4,8,12-13H2,1-3H3/t14-/m1/s1. The highest BCUT2D eigenvalue weighted by Gasteiger charge is 2.14. The largest absolute Gasteiger partial charge is 0.272 e. The molecule has 0 aliphatic rings. The first kappa shape index (κ1) is 16.4. The maximum atomic E-state index is 4.79. The molecule has 0 amide bonds. The van der Waals surface area contributed by atoms with Gasteiger partial charge in [-0.3, -0.25) is 9.67 Å². The molecule has 6 heteroatoms. The van der Waals surface area contributed by atoms with E-state index in [2.05, 4.69) is 23.9 Å². The number of aromatic nitrogens is 6. The Morgan fingerprint density at radius 3 is 2.58 bits per heavy atom. The second-order valence-electron chi connectivity index (χ2n) is 6.25. The van der Waals surface area contributed by atoms with Crippen molar-refractivity contribution in [2.24, 2.45) is 5.92 Å². The molecular formula is C18H24N6. The topological polar surface area (TPSA) is 61.4 Å². The first-order valence-electron chi connectivity index (χ1n) is 8.51. The lowest BCUT2D eigenvalue weighted by molar-refractivity contribution is 0.542. The molecule has 3 rings (SSSR count). The molecular weight excluding hydrogens is 300 g/mol. The van der Waals surface area contributed by atoms with Crippen molar-refractivity contribution >= 4 is 0 Å². The van der Waals surface area contributed by atoms with Crippen LogP contribution in [0.5, 0.6) is 0 Å². The molecule has 0 spiro atoms. The predicted octanol–water partition coefficient (Wildman–Crippen LogP) is 3.00. The van der Waals surface area contributed by atoms with Gasteiger partial charge < -0.3 is 0 Å². The van der Waals surface area contributed by atoms with E-state index in [1.165, 1.54) is 0 Å². The van der Waals surface area contributed by atoms with Crippen LogP contribution in [0.2, 0.25) is 0 Å². The van der Waals surface area contributed by atoms with E-state index >= 15 is 0 Å². The minimum atomic E-state index is 0.583. The van der Waals surface area contributed by atoms with Gasteiger partial charge in [0.15, 0.2) is 5.82 Å². The summed E-state index contributed by atoms with van der Waals surface area (Å²) in [6, 6.07) is 5.94. The second-order valence-corrected chi connectivity index (χ2v) is 6.25. The Morgan fingerprint density at radius 2 is 1.92 bits per heavy atom. The second kappa shape index (κ2) is 7.38. The van der Waals surface area contributed by atoms with Gasteiger partial charge in [-0.2, -0.15) is 10.2 Å². The average molecular weight is 324 g/mol. The molecule has 6 nitrogen and oxygen atoms in total. The van der Waals surface area contributed by atoms with Gasteiger partial charge in [-0.05, 0) is 31.0 Å². The number of hydrogen-bond donors (Lipinski definition) is 0. The Morgan fingerprint density at radius 1 is 1.12 bits per heavy atom. The summed E-state index contributed by atoms with van der Waals surface area (Å²) in [7, 11) is 0. The molecule has 0 bridgehead atoms. The molecule has 24 heavy (non-hydrogen) atoms. The zero-order valence-corrected chi connectivity index (χ0v) is 14.6. The Labute approximate surface area is 142 Å². The molecule has 0 saturated carbocycles. The normalized spacial score (nSPS) is 12.5. The van der Waals surface area contributed by atoms with E-state index in [9.17, 15) is 0 Å². The zero-order valence-electron chi connectivity index (χ0n) is 14.6. The Bertz CT molecular complexity index is 774. The van der Waals surface area contributed by atoms with Crippen LogP contribution >= 0.6 is 0 Å². The Balaban J connectivity index is 1.84. The van der Waals surface area contributed by atoms with Gasteiger partial charge in [0.1, 0.15) is 5.82 Å². The summed E-state index contributed by atoms with van der Waals surface area (Å²) in [5.74, 6) is 2.46. The number of hydrogen-bond acceptors (Lipinski definition) is 4. The monoisotopic (exact) mass is 324 g/mol. The molecule has 3 heterocycles. The molecule has 126 valence electrons. The highest BCUT2D eigenvalue weighted by molar-refractivity contribution is 5.29. The molecule has 3 aromatic rings. The van der Waals surface area contributed by atoms with Crippen LogP contribution in [0.1, 0.15) is 37.6 Å². The third-order valence-corrected chi connectivity index (χ3v) is 4.19. The van der Waals surface area contributed by atoms with E-state index in [-0.39, 0.29) is 0 Å². The molecule has 0 radical (unpaired) electrons. The van der Waals surface area contributed by atoms with Gasteiger partial charge in [0.2, 0.25) is 0 Å². The van der Waals surface area contributed by atoms with Gasteiger partial charge in [0.25, 0.3) is 0 Å². The first-order valence-corrected chi connectivity index (χ1v) is 8.51. The lowest BCUT2D eigenvalue weighted by Gasteiger charge is -2.05. The smallest absolute Gasteiger partial charge is 0.151 e. The van der Waals surface area contributed by atoms with Crippen LogP contribution in [0.3, 0.4) is 0 Å². The van der Waals surface area contributed by atoms with E-state index < -0.39 is 0 Å². The predicted molar refractivity (Wildman–Crippen MR) is 93.0 cm³/mol. The fourth-order valence-electron chi connectivity index (χ4n) is 2.59. The van der Waals surface area contributed by atoms with Crippen LogP contribution in [0.25, 0.3) is 5.69 Å². The van der Waals surface area contributed by atoms with E-state index in [0.717, 1.165) is 48.8 Å². The van der Waals surface area contributed by atoms with Crippen LogP contribution in [-0.2, 0) is 19.4 Å². The number of nitrogens with zero attached hydrogens (tertiary/aromatic N) is 6. The molecule has 0 aromatic carbocycles. The van der Waals surface area contributed by atoms with Crippen molar-refractivity contribution in [3.05, 3.63) is 54.1 Å². The van der Waals surface area contributed by atoms with Gasteiger partial charge in [0, 0.05) is 38.0 Å². The van der Waals surface area contributed by atoms with Gasteiger partial charge in [-0.15, -0.1) is 0 Å². The van der Waals surface area contributed by atoms with Crippen molar-refractivity contribution < 1.29 is 0 Å². The van der Waals surface area contributed by atoms with Crippen LogP contribution in [0.4, 0.5) is 0 Å². The summed E-state index contributed by atoms with van der Waals surface area (Å²) < 4.78 is 3.89. The maximum Gasteiger partial charge on any atom is 0.151 e. The number of rotatable bonds is 7. The maximum absolute atomic E-state index is 4.79. The van der Waals surface area contributed by atoms with Gasteiger partial charge in [-0.25, -0.2) is 9.67 Å². The first-order chi connectivity index (χ1) is 11.7. The highest BCUT2D eigenvalue weighted by atomic mass is 15.4. The third-order valence-electron chi connectivity index (χ3n) is 4.19. The van der Waals surface area contributed by atoms with Crippen LogP contribution in [0, 0.1) is 12.8 Å². The lowest BCUT2D eigenvalue weighted by Crippen LogP contribution is -2.08. The molecule has 0 saturated heterocycles. The van der Waals surface area contributed by atoms with E-state index in [0.29, 0.717) is 5.92 Å². The third kappa shape index (κ3) is 3.88. The molecule has 0 fully saturated rings. The molecule has 3 aromatic heterocycles. The molecule has 0 unspecified atom stereocenters. The SMILES string of the molecule is CC[C@@H](C)Cc1nc(CCn2ccc(C)n2)n(-c2ccncc2)n1. The fourth-order valence-corrected chi connectivity index (χ4v) is 2.59. The van der Waals surface area contributed by atoms with E-state index in [1.54, 1.807) is 12.4 Å². The van der Waals surface area contributed by atoms with Gasteiger partial charge >= 0.3 is 0 Å². The summed E-state index contributed by atoms with van der Waals surface area (Å²) in [5.41, 5.74) is 2.03. The summed E-state index contributed by atoms with van der Waals surface area (Å²) in [6.45, 7) is 7.23. The van der Waals surface area contributed by atoms with Gasteiger partial charge in [0.05, 0.1) is 11.4 Å². The molecule has 0 N–H and O–H groups in total. The van der Waals surface area contributed by atoms with Gasteiger partial charge in [-0.1, -0.05) is 20.3 Å². The van der Waals surface area contributed by atoms with Crippen molar-refractivity contribution in [2.75, 3.05) is 0 Å². The van der Waals surface area contributed by atoms with Crippen molar-refractivity contribution in [1.82, 2.24) is 29.5 Å². The van der Waals surface area contributed by atoms with Crippen molar-refractivity contribution in [1.29, 1.82) is 0 Å². The Hall–Kier alpha value is -2.50. The summed E-state index contributed by atoms with van der Waals surface area (Å²) in [4.78, 5) is 8.88. The minimum absolute atomic E-state index is 0.583. The molecule has 1 atom stereocenters.